The first-order valence-corrected chi connectivity index (χ1v) is 9.36. The largest absolute Gasteiger partial charge is 0.382 e. The number of rotatable bonds is 4. The number of aryl methyl sites for hydroxylation is 1. The van der Waals surface area contributed by atoms with Gasteiger partial charge in [0.2, 0.25) is 0 Å². The fraction of sp³-hybridized carbons (Fsp3) is 0.136. The molecule has 0 amide bonds. The minimum absolute atomic E-state index is 0.0877. The van der Waals surface area contributed by atoms with Crippen molar-refractivity contribution in [1.82, 2.24) is 19.5 Å². The number of anilines is 2. The zero-order valence-electron chi connectivity index (χ0n) is 16.5. The highest BCUT2D eigenvalue weighted by molar-refractivity contribution is 5.81. The number of hydrogen-bond donors (Lipinski definition) is 2. The van der Waals surface area contributed by atoms with Gasteiger partial charge in [0, 0.05) is 0 Å². The Bertz CT molecular complexity index is 1340. The summed E-state index contributed by atoms with van der Waals surface area (Å²) in [6.07, 6.45) is 1.28. The quantitative estimate of drug-likeness (QED) is 0.542. The maximum absolute atomic E-state index is 13.5. The first-order chi connectivity index (χ1) is 14.5. The molecule has 4 rings (SSSR count). The van der Waals surface area contributed by atoms with Crippen LogP contribution in [0.5, 0.6) is 0 Å². The van der Waals surface area contributed by atoms with Crippen LogP contribution >= 0.6 is 0 Å². The molecule has 148 valence electrons. The molecule has 0 aliphatic carbocycles. The fourth-order valence-electron chi connectivity index (χ4n) is 3.42. The Morgan fingerprint density at radius 3 is 2.63 bits per heavy atom. The van der Waals surface area contributed by atoms with Crippen LogP contribution in [0.1, 0.15) is 29.9 Å². The molecule has 0 fully saturated rings. The van der Waals surface area contributed by atoms with E-state index in [0.29, 0.717) is 22.4 Å². The Hall–Kier alpha value is -4.25. The standard InChI is InChI=1S/C22H19N7O/c1-13-7-6-10-17-18(13)22(30)29(15-8-4-3-5-9-15)21(28-17)14(2)27-20-16(11-23)19(24)25-12-26-20/h3-10,12,14H,1-2H3,(H3,24,25,26,27)/t14-/m0/s1. The van der Waals surface area contributed by atoms with Gasteiger partial charge in [-0.1, -0.05) is 30.3 Å². The number of benzene rings is 2. The summed E-state index contributed by atoms with van der Waals surface area (Å²) in [5.41, 5.74) is 7.96. The summed E-state index contributed by atoms with van der Waals surface area (Å²) >= 11 is 0. The Balaban J connectivity index is 1.93. The van der Waals surface area contributed by atoms with Crippen LogP contribution in [0.3, 0.4) is 0 Å². The number of nitrogens with zero attached hydrogens (tertiary/aromatic N) is 5. The van der Waals surface area contributed by atoms with Gasteiger partial charge >= 0.3 is 0 Å². The molecule has 8 nitrogen and oxygen atoms in total. The maximum atomic E-state index is 13.5. The Morgan fingerprint density at radius 2 is 1.90 bits per heavy atom. The van der Waals surface area contributed by atoms with Gasteiger partial charge in [-0.05, 0) is 37.6 Å². The normalized spacial score (nSPS) is 11.8. The van der Waals surface area contributed by atoms with E-state index in [4.69, 9.17) is 10.7 Å². The summed E-state index contributed by atoms with van der Waals surface area (Å²) in [7, 11) is 0. The summed E-state index contributed by atoms with van der Waals surface area (Å²) in [6.45, 7) is 3.74. The van der Waals surface area contributed by atoms with E-state index >= 15 is 0 Å². The lowest BCUT2D eigenvalue weighted by atomic mass is 10.1. The van der Waals surface area contributed by atoms with Crippen LogP contribution in [-0.4, -0.2) is 19.5 Å². The van der Waals surface area contributed by atoms with Crippen molar-refractivity contribution in [1.29, 1.82) is 5.26 Å². The Kier molecular flexibility index (Phi) is 4.86. The fourth-order valence-corrected chi connectivity index (χ4v) is 3.42. The van der Waals surface area contributed by atoms with Crippen LogP contribution in [0.4, 0.5) is 11.6 Å². The van der Waals surface area contributed by atoms with Crippen LogP contribution in [0.2, 0.25) is 0 Å². The molecule has 0 saturated carbocycles. The maximum Gasteiger partial charge on any atom is 0.266 e. The molecule has 3 N–H and O–H groups in total. The van der Waals surface area contributed by atoms with Crippen molar-refractivity contribution in [3.63, 3.8) is 0 Å². The monoisotopic (exact) mass is 397 g/mol. The van der Waals surface area contributed by atoms with Crippen molar-refractivity contribution in [2.45, 2.75) is 19.9 Å². The lowest BCUT2D eigenvalue weighted by Gasteiger charge is -2.21. The van der Waals surface area contributed by atoms with Gasteiger partial charge in [0.05, 0.1) is 22.6 Å². The van der Waals surface area contributed by atoms with Crippen LogP contribution in [0.15, 0.2) is 59.7 Å². The van der Waals surface area contributed by atoms with Crippen LogP contribution in [-0.2, 0) is 0 Å². The van der Waals surface area contributed by atoms with Gasteiger partial charge in [-0.25, -0.2) is 15.0 Å². The van der Waals surface area contributed by atoms with E-state index in [1.54, 1.807) is 4.57 Å². The average molecular weight is 397 g/mol. The predicted octanol–water partition coefficient (Wildman–Crippen LogP) is 3.11. The van der Waals surface area contributed by atoms with Crippen LogP contribution in [0, 0.1) is 18.3 Å². The van der Waals surface area contributed by atoms with E-state index in [-0.39, 0.29) is 22.8 Å². The topological polar surface area (TPSA) is 123 Å². The predicted molar refractivity (Wildman–Crippen MR) is 115 cm³/mol. The molecular weight excluding hydrogens is 378 g/mol. The van der Waals surface area contributed by atoms with Gasteiger partial charge in [-0.15, -0.1) is 0 Å². The summed E-state index contributed by atoms with van der Waals surface area (Å²) in [4.78, 5) is 26.3. The smallest absolute Gasteiger partial charge is 0.266 e. The van der Waals surface area contributed by atoms with E-state index in [1.165, 1.54) is 6.33 Å². The average Bonchev–Trinajstić information content (AvgIpc) is 2.74. The Morgan fingerprint density at radius 1 is 1.13 bits per heavy atom. The zero-order valence-corrected chi connectivity index (χ0v) is 16.5. The third-order valence-corrected chi connectivity index (χ3v) is 4.88. The second kappa shape index (κ2) is 7.64. The SMILES string of the molecule is Cc1cccc2nc([C@H](C)Nc3ncnc(N)c3C#N)n(-c3ccccc3)c(=O)c12. The van der Waals surface area contributed by atoms with Crippen molar-refractivity contribution in [2.24, 2.45) is 0 Å². The second-order valence-corrected chi connectivity index (χ2v) is 6.88. The second-order valence-electron chi connectivity index (χ2n) is 6.88. The molecule has 0 saturated heterocycles. The first kappa shape index (κ1) is 19.1. The minimum atomic E-state index is -0.454. The third kappa shape index (κ3) is 3.22. The number of aromatic nitrogens is 4. The number of nitrogens with one attached hydrogen (secondary N) is 1. The van der Waals surface area contributed by atoms with Crippen molar-refractivity contribution in [3.8, 4) is 11.8 Å². The van der Waals surface area contributed by atoms with Gasteiger partial charge in [0.15, 0.2) is 0 Å². The third-order valence-electron chi connectivity index (χ3n) is 4.88. The van der Waals surface area contributed by atoms with Gasteiger partial charge < -0.3 is 11.1 Å². The molecule has 0 radical (unpaired) electrons. The summed E-state index contributed by atoms with van der Waals surface area (Å²) in [5.74, 6) is 0.866. The first-order valence-electron chi connectivity index (χ1n) is 9.36. The summed E-state index contributed by atoms with van der Waals surface area (Å²) < 4.78 is 1.59. The lowest BCUT2D eigenvalue weighted by Crippen LogP contribution is -2.28. The molecule has 1 atom stereocenters. The molecule has 2 heterocycles. The van der Waals surface area contributed by atoms with Crippen molar-refractivity contribution < 1.29 is 0 Å². The van der Waals surface area contributed by atoms with Crippen molar-refractivity contribution in [3.05, 3.63) is 82.2 Å². The molecule has 0 aliphatic rings. The number of nitrogens with two attached hydrogens (primary N) is 1. The molecule has 2 aromatic carbocycles. The summed E-state index contributed by atoms with van der Waals surface area (Å²) in [6, 6.07) is 16.5. The van der Waals surface area contributed by atoms with Crippen molar-refractivity contribution >= 4 is 22.5 Å². The molecule has 2 aromatic heterocycles. The number of fused-ring (bicyclic) bond motifs is 1. The van der Waals surface area contributed by atoms with E-state index < -0.39 is 6.04 Å². The zero-order chi connectivity index (χ0) is 21.3. The minimum Gasteiger partial charge on any atom is -0.382 e. The van der Waals surface area contributed by atoms with E-state index in [0.717, 1.165) is 5.56 Å². The molecule has 4 aromatic rings. The van der Waals surface area contributed by atoms with Crippen molar-refractivity contribution in [2.75, 3.05) is 11.1 Å². The number of para-hydroxylation sites is 1. The number of hydrogen-bond acceptors (Lipinski definition) is 7. The highest BCUT2D eigenvalue weighted by atomic mass is 16.1. The molecule has 0 bridgehead atoms. The number of nitrogen functional groups attached to an aromatic ring is 1. The highest BCUT2D eigenvalue weighted by Crippen LogP contribution is 2.24. The summed E-state index contributed by atoms with van der Waals surface area (Å²) in [5, 5.41) is 13.1. The molecule has 0 aliphatic heterocycles. The van der Waals surface area contributed by atoms with E-state index in [2.05, 4.69) is 15.3 Å². The van der Waals surface area contributed by atoms with Crippen LogP contribution in [0.25, 0.3) is 16.6 Å². The lowest BCUT2D eigenvalue weighted by molar-refractivity contribution is 0.730. The Labute approximate surface area is 172 Å². The highest BCUT2D eigenvalue weighted by Gasteiger charge is 2.20. The van der Waals surface area contributed by atoms with Gasteiger partial charge in [0.1, 0.15) is 35.4 Å². The molecule has 0 unspecified atom stereocenters. The van der Waals surface area contributed by atoms with E-state index in [1.807, 2.05) is 68.4 Å². The molecule has 0 spiro atoms. The van der Waals surface area contributed by atoms with Gasteiger partial charge in [-0.3, -0.25) is 9.36 Å². The molecule has 30 heavy (non-hydrogen) atoms. The molecule has 8 heteroatoms. The van der Waals surface area contributed by atoms with Gasteiger partial charge in [0.25, 0.3) is 5.56 Å². The van der Waals surface area contributed by atoms with Gasteiger partial charge in [-0.2, -0.15) is 5.26 Å². The number of nitriles is 1. The molecular formula is C22H19N7O. The van der Waals surface area contributed by atoms with E-state index in [9.17, 15) is 10.1 Å². The van der Waals surface area contributed by atoms with Crippen LogP contribution < -0.4 is 16.6 Å².